The zero-order valence-corrected chi connectivity index (χ0v) is 10.3. The van der Waals surface area contributed by atoms with Crippen LogP contribution in [0.2, 0.25) is 0 Å². The van der Waals surface area contributed by atoms with Crippen LogP contribution >= 0.6 is 0 Å². The van der Waals surface area contributed by atoms with Crippen molar-refractivity contribution in [3.8, 4) is 11.5 Å². The monoisotopic (exact) mass is 238 g/mol. The Balaban J connectivity index is 3.51. The van der Waals surface area contributed by atoms with Gasteiger partial charge in [-0.2, -0.15) is 0 Å². The van der Waals surface area contributed by atoms with Gasteiger partial charge in [-0.1, -0.05) is 6.08 Å². The number of rotatable bonds is 5. The van der Waals surface area contributed by atoms with Crippen molar-refractivity contribution in [1.82, 2.24) is 0 Å². The molecule has 0 aromatic heterocycles. The highest BCUT2D eigenvalue weighted by molar-refractivity contribution is 5.51. The minimum atomic E-state index is -0.912. The minimum absolute atomic E-state index is 0.483. The van der Waals surface area contributed by atoms with Crippen molar-refractivity contribution in [3.05, 3.63) is 35.9 Å². The fourth-order valence-electron chi connectivity index (χ4n) is 1.81. The maximum Gasteiger partial charge on any atom is 0.125 e. The molecule has 0 spiro atoms. The summed E-state index contributed by atoms with van der Waals surface area (Å²) in [6, 6.07) is 3.38. The lowest BCUT2D eigenvalue weighted by atomic mass is 9.96. The summed E-state index contributed by atoms with van der Waals surface area (Å²) in [7, 11) is 3.02. The van der Waals surface area contributed by atoms with E-state index in [-0.39, 0.29) is 0 Å². The summed E-state index contributed by atoms with van der Waals surface area (Å²) in [5.41, 5.74) is 0.996. The smallest absolute Gasteiger partial charge is 0.125 e. The molecule has 0 fully saturated rings. The summed E-state index contributed by atoms with van der Waals surface area (Å²) >= 11 is 0. The van der Waals surface area contributed by atoms with Gasteiger partial charge in [-0.3, -0.25) is 0 Å². The number of hydrogen-bond acceptors (Lipinski definition) is 4. The molecule has 94 valence electrons. The number of hydrogen-bond donors (Lipinski definition) is 2. The van der Waals surface area contributed by atoms with E-state index in [9.17, 15) is 10.2 Å². The molecule has 2 N–H and O–H groups in total. The quantitative estimate of drug-likeness (QED) is 0.770. The molecule has 17 heavy (non-hydrogen) atoms. The van der Waals surface area contributed by atoms with Gasteiger partial charge in [0.25, 0.3) is 0 Å². The fraction of sp³-hybridized carbons (Fsp3) is 0.385. The molecular formula is C13H18O4. The van der Waals surface area contributed by atoms with E-state index < -0.39 is 12.2 Å². The normalized spacial score (nSPS) is 13.9. The van der Waals surface area contributed by atoms with Crippen molar-refractivity contribution in [2.45, 2.75) is 19.1 Å². The van der Waals surface area contributed by atoms with E-state index in [0.29, 0.717) is 22.6 Å². The maximum atomic E-state index is 9.93. The molecule has 0 saturated carbocycles. The molecule has 2 unspecified atom stereocenters. The van der Waals surface area contributed by atoms with Crippen LogP contribution in [0.25, 0.3) is 0 Å². The predicted molar refractivity (Wildman–Crippen MR) is 65.3 cm³/mol. The zero-order chi connectivity index (χ0) is 13.0. The molecule has 0 heterocycles. The van der Waals surface area contributed by atoms with Crippen LogP contribution in [0, 0.1) is 0 Å². The Kier molecular flexibility index (Phi) is 4.54. The standard InChI is InChI=1S/C13H18O4/c1-5-9(15)13-11(17-4)7-6-10(16-3)12(13)8(2)14/h5-9,14-15H,1H2,2-4H3. The van der Waals surface area contributed by atoms with Crippen LogP contribution in [-0.4, -0.2) is 24.4 Å². The van der Waals surface area contributed by atoms with E-state index >= 15 is 0 Å². The molecule has 4 heteroatoms. The van der Waals surface area contributed by atoms with Crippen LogP contribution < -0.4 is 9.47 Å². The molecule has 0 amide bonds. The minimum Gasteiger partial charge on any atom is -0.496 e. The van der Waals surface area contributed by atoms with Crippen LogP contribution in [0.3, 0.4) is 0 Å². The Morgan fingerprint density at radius 2 is 1.59 bits per heavy atom. The van der Waals surface area contributed by atoms with Crippen LogP contribution in [0.5, 0.6) is 11.5 Å². The van der Waals surface area contributed by atoms with Crippen molar-refractivity contribution in [3.63, 3.8) is 0 Å². The molecule has 0 aliphatic heterocycles. The Bertz CT molecular complexity index is 399. The van der Waals surface area contributed by atoms with E-state index in [2.05, 4.69) is 6.58 Å². The topological polar surface area (TPSA) is 58.9 Å². The SMILES string of the molecule is C=CC(O)c1c(OC)ccc(OC)c1C(C)O. The summed E-state index contributed by atoms with van der Waals surface area (Å²) in [6.45, 7) is 5.15. The molecule has 0 bridgehead atoms. The number of aliphatic hydroxyl groups excluding tert-OH is 2. The van der Waals surface area contributed by atoms with Crippen molar-refractivity contribution in [2.24, 2.45) is 0 Å². The Hall–Kier alpha value is -1.52. The van der Waals surface area contributed by atoms with Gasteiger partial charge in [0, 0.05) is 11.1 Å². The lowest BCUT2D eigenvalue weighted by Gasteiger charge is -2.21. The average molecular weight is 238 g/mol. The Labute approximate surface area is 101 Å². The summed E-state index contributed by atoms with van der Waals surface area (Å²) < 4.78 is 10.4. The summed E-state index contributed by atoms with van der Waals surface area (Å²) in [5.74, 6) is 1.01. The highest BCUT2D eigenvalue weighted by Crippen LogP contribution is 2.38. The van der Waals surface area contributed by atoms with Crippen LogP contribution in [0.1, 0.15) is 30.3 Å². The van der Waals surface area contributed by atoms with Gasteiger partial charge in [0.15, 0.2) is 0 Å². The molecule has 0 saturated heterocycles. The number of benzene rings is 1. The van der Waals surface area contributed by atoms with Gasteiger partial charge in [0.05, 0.1) is 20.3 Å². The third-order valence-corrected chi connectivity index (χ3v) is 2.58. The average Bonchev–Trinajstić information content (AvgIpc) is 2.35. The second kappa shape index (κ2) is 5.70. The van der Waals surface area contributed by atoms with Gasteiger partial charge >= 0.3 is 0 Å². The molecule has 0 aliphatic rings. The van der Waals surface area contributed by atoms with E-state index in [1.54, 1.807) is 19.1 Å². The third-order valence-electron chi connectivity index (χ3n) is 2.58. The largest absolute Gasteiger partial charge is 0.496 e. The van der Waals surface area contributed by atoms with Crippen LogP contribution in [0.4, 0.5) is 0 Å². The van der Waals surface area contributed by atoms with Crippen molar-refractivity contribution in [2.75, 3.05) is 14.2 Å². The number of aliphatic hydroxyl groups is 2. The highest BCUT2D eigenvalue weighted by Gasteiger charge is 2.22. The van der Waals surface area contributed by atoms with E-state index in [1.165, 1.54) is 20.3 Å². The summed E-state index contributed by atoms with van der Waals surface area (Å²) in [4.78, 5) is 0. The lowest BCUT2D eigenvalue weighted by molar-refractivity contribution is 0.179. The first-order valence-corrected chi connectivity index (χ1v) is 5.30. The third kappa shape index (κ3) is 2.60. The molecule has 1 aromatic rings. The Morgan fingerprint density at radius 3 is 1.94 bits per heavy atom. The first-order valence-electron chi connectivity index (χ1n) is 5.30. The van der Waals surface area contributed by atoms with Crippen molar-refractivity contribution >= 4 is 0 Å². The van der Waals surface area contributed by atoms with Gasteiger partial charge in [-0.05, 0) is 19.1 Å². The molecular weight excluding hydrogens is 220 g/mol. The van der Waals surface area contributed by atoms with Gasteiger partial charge in [-0.25, -0.2) is 0 Å². The van der Waals surface area contributed by atoms with Gasteiger partial charge in [0.1, 0.15) is 17.6 Å². The van der Waals surface area contributed by atoms with E-state index in [1.807, 2.05) is 0 Å². The predicted octanol–water partition coefficient (Wildman–Crippen LogP) is 1.98. The van der Waals surface area contributed by atoms with Gasteiger partial charge in [0.2, 0.25) is 0 Å². The Morgan fingerprint density at radius 1 is 1.12 bits per heavy atom. The van der Waals surface area contributed by atoms with Crippen LogP contribution in [-0.2, 0) is 0 Å². The van der Waals surface area contributed by atoms with E-state index in [0.717, 1.165) is 0 Å². The fourth-order valence-corrected chi connectivity index (χ4v) is 1.81. The van der Waals surface area contributed by atoms with Crippen molar-refractivity contribution < 1.29 is 19.7 Å². The maximum absolute atomic E-state index is 9.93. The van der Waals surface area contributed by atoms with Crippen LogP contribution in [0.15, 0.2) is 24.8 Å². The zero-order valence-electron chi connectivity index (χ0n) is 10.3. The summed E-state index contributed by atoms with van der Waals surface area (Å²) in [5, 5.41) is 19.7. The molecule has 1 aromatic carbocycles. The molecule has 1 rings (SSSR count). The number of methoxy groups -OCH3 is 2. The highest BCUT2D eigenvalue weighted by atomic mass is 16.5. The first kappa shape index (κ1) is 13.5. The van der Waals surface area contributed by atoms with Gasteiger partial charge < -0.3 is 19.7 Å². The van der Waals surface area contributed by atoms with Gasteiger partial charge in [-0.15, -0.1) is 6.58 Å². The van der Waals surface area contributed by atoms with Crippen molar-refractivity contribution in [1.29, 1.82) is 0 Å². The molecule has 0 radical (unpaired) electrons. The second-order valence-electron chi connectivity index (χ2n) is 3.65. The second-order valence-corrected chi connectivity index (χ2v) is 3.65. The molecule has 2 atom stereocenters. The molecule has 0 aliphatic carbocycles. The number of ether oxygens (including phenoxy) is 2. The molecule has 4 nitrogen and oxygen atoms in total. The summed E-state index contributed by atoms with van der Waals surface area (Å²) in [6.07, 6.45) is -0.308. The van der Waals surface area contributed by atoms with E-state index in [4.69, 9.17) is 9.47 Å². The first-order chi connectivity index (χ1) is 8.06. The lowest BCUT2D eigenvalue weighted by Crippen LogP contribution is -2.07.